The minimum Gasteiger partial charge on any atom is -0.264 e. The van der Waals surface area contributed by atoms with Crippen molar-refractivity contribution < 1.29 is 0 Å². The topological polar surface area (TPSA) is 25.8 Å². The molecule has 0 atom stereocenters. The van der Waals surface area contributed by atoms with Crippen molar-refractivity contribution in [2.24, 2.45) is 0 Å². The van der Waals surface area contributed by atoms with E-state index in [-0.39, 0.29) is 12.4 Å². The molecule has 0 aliphatic carbocycles. The highest BCUT2D eigenvalue weighted by atomic mass is 35.5. The summed E-state index contributed by atoms with van der Waals surface area (Å²) in [5.41, 5.74) is 1.03. The second-order valence-corrected chi connectivity index (χ2v) is 4.67. The number of rotatable bonds is 3. The van der Waals surface area contributed by atoms with Crippen molar-refractivity contribution in [3.63, 3.8) is 0 Å². The minimum atomic E-state index is 0. The quantitative estimate of drug-likeness (QED) is 0.837. The van der Waals surface area contributed by atoms with E-state index in [9.17, 15) is 0 Å². The predicted octanol–water partition coefficient (Wildman–Crippen LogP) is 4.23. The number of hydrogen-bond donors (Lipinski definition) is 0. The van der Waals surface area contributed by atoms with Crippen molar-refractivity contribution in [3.8, 4) is 10.6 Å². The van der Waals surface area contributed by atoms with Gasteiger partial charge in [0.2, 0.25) is 0 Å². The molecule has 0 spiro atoms. The number of thiazole rings is 1. The highest BCUT2D eigenvalue weighted by Crippen LogP contribution is 2.31. The molecule has 5 heteroatoms. The Kier molecular flexibility index (Phi) is 5.19. The molecule has 0 aliphatic heterocycles. The fourth-order valence-electron chi connectivity index (χ4n) is 1.33. The van der Waals surface area contributed by atoms with E-state index < -0.39 is 0 Å². The molecular weight excluding hydrogens is 263 g/mol. The average molecular weight is 275 g/mol. The van der Waals surface area contributed by atoms with E-state index >= 15 is 0 Å². The fraction of sp³-hybridized carbons (Fsp3) is 0.273. The molecule has 0 amide bonds. The maximum atomic E-state index is 6.05. The highest BCUT2D eigenvalue weighted by Gasteiger charge is 2.09. The highest BCUT2D eigenvalue weighted by molar-refractivity contribution is 7.15. The van der Waals surface area contributed by atoms with Crippen LogP contribution in [0.2, 0.25) is 5.15 Å². The molecule has 2 nitrogen and oxygen atoms in total. The molecule has 2 aromatic rings. The van der Waals surface area contributed by atoms with Gasteiger partial charge >= 0.3 is 0 Å². The first-order chi connectivity index (χ1) is 7.31. The van der Waals surface area contributed by atoms with Crippen LogP contribution in [0.3, 0.4) is 0 Å². The Hall–Kier alpha value is -0.640. The molecular formula is C11H12Cl2N2S. The third-order valence-electron chi connectivity index (χ3n) is 2.04. The summed E-state index contributed by atoms with van der Waals surface area (Å²) in [6, 6.07) is 3.90. The van der Waals surface area contributed by atoms with Gasteiger partial charge in [0.25, 0.3) is 0 Å². The van der Waals surface area contributed by atoms with Crippen molar-refractivity contribution >= 4 is 35.3 Å². The zero-order valence-electron chi connectivity index (χ0n) is 8.81. The van der Waals surface area contributed by atoms with Gasteiger partial charge in [-0.25, -0.2) is 4.98 Å². The van der Waals surface area contributed by atoms with Crippen molar-refractivity contribution in [1.29, 1.82) is 0 Å². The van der Waals surface area contributed by atoms with E-state index in [1.165, 1.54) is 0 Å². The molecule has 16 heavy (non-hydrogen) atoms. The predicted molar refractivity (Wildman–Crippen MR) is 71.6 cm³/mol. The largest absolute Gasteiger partial charge is 0.264 e. The summed E-state index contributed by atoms with van der Waals surface area (Å²) in [6.07, 6.45) is 5.65. The molecule has 0 saturated heterocycles. The van der Waals surface area contributed by atoms with Crippen molar-refractivity contribution in [2.45, 2.75) is 19.8 Å². The summed E-state index contributed by atoms with van der Waals surface area (Å²) in [5.74, 6) is 0. The molecule has 0 saturated carbocycles. The minimum absolute atomic E-state index is 0. The van der Waals surface area contributed by atoms with E-state index in [2.05, 4.69) is 16.9 Å². The zero-order chi connectivity index (χ0) is 10.7. The van der Waals surface area contributed by atoms with Gasteiger partial charge in [0.1, 0.15) is 10.2 Å². The molecule has 2 aromatic heterocycles. The van der Waals surface area contributed by atoms with Gasteiger partial charge in [-0.15, -0.1) is 23.7 Å². The van der Waals surface area contributed by atoms with Gasteiger partial charge in [0.05, 0.1) is 0 Å². The van der Waals surface area contributed by atoms with Crippen molar-refractivity contribution in [1.82, 2.24) is 9.97 Å². The summed E-state index contributed by atoms with van der Waals surface area (Å²) in [7, 11) is 0. The Morgan fingerprint density at radius 1 is 1.44 bits per heavy atom. The Bertz CT molecular complexity index is 443. The third-order valence-corrected chi connectivity index (χ3v) is 3.62. The Labute approximate surface area is 110 Å². The van der Waals surface area contributed by atoms with Crippen LogP contribution < -0.4 is 0 Å². The second kappa shape index (κ2) is 6.18. The smallest absolute Gasteiger partial charge is 0.143 e. The number of halogens is 2. The Balaban J connectivity index is 0.00000128. The van der Waals surface area contributed by atoms with Crippen molar-refractivity contribution in [2.75, 3.05) is 0 Å². The van der Waals surface area contributed by atoms with Crippen LogP contribution in [0, 0.1) is 0 Å². The molecule has 0 bridgehead atoms. The zero-order valence-corrected chi connectivity index (χ0v) is 11.2. The van der Waals surface area contributed by atoms with E-state index in [0.29, 0.717) is 5.15 Å². The molecule has 0 unspecified atom stereocenters. The van der Waals surface area contributed by atoms with E-state index in [4.69, 9.17) is 11.6 Å². The van der Waals surface area contributed by atoms with E-state index in [1.54, 1.807) is 17.5 Å². The van der Waals surface area contributed by atoms with Crippen LogP contribution in [0.5, 0.6) is 0 Å². The molecule has 0 aliphatic rings. The first-order valence-electron chi connectivity index (χ1n) is 4.87. The van der Waals surface area contributed by atoms with Crippen molar-refractivity contribution in [3.05, 3.63) is 34.6 Å². The lowest BCUT2D eigenvalue weighted by molar-refractivity contribution is 0.936. The second-order valence-electron chi connectivity index (χ2n) is 3.22. The van der Waals surface area contributed by atoms with E-state index in [0.717, 1.165) is 28.3 Å². The Morgan fingerprint density at radius 3 is 2.88 bits per heavy atom. The van der Waals surface area contributed by atoms with Crippen LogP contribution in [0.15, 0.2) is 24.5 Å². The standard InChI is InChI=1S/C11H11ClN2S.ClH/c1-2-4-9-10(12)14-11(15-9)8-5-3-6-13-7-8;/h3,5-7H,2,4H2,1H3;1H. The monoisotopic (exact) mass is 274 g/mol. The molecule has 2 heterocycles. The van der Waals surface area contributed by atoms with Gasteiger partial charge in [-0.1, -0.05) is 24.9 Å². The van der Waals surface area contributed by atoms with Gasteiger partial charge in [-0.2, -0.15) is 0 Å². The number of nitrogens with zero attached hydrogens (tertiary/aromatic N) is 2. The molecule has 86 valence electrons. The van der Waals surface area contributed by atoms with Crippen LogP contribution >= 0.6 is 35.3 Å². The molecule has 0 N–H and O–H groups in total. The summed E-state index contributed by atoms with van der Waals surface area (Å²) in [4.78, 5) is 9.58. The SMILES string of the molecule is CCCc1sc(-c2cccnc2)nc1Cl.Cl. The Morgan fingerprint density at radius 2 is 2.25 bits per heavy atom. The average Bonchev–Trinajstić information content (AvgIpc) is 2.63. The number of hydrogen-bond acceptors (Lipinski definition) is 3. The summed E-state index contributed by atoms with van der Waals surface area (Å²) in [6.45, 7) is 2.14. The van der Waals surface area contributed by atoms with Crippen LogP contribution in [-0.4, -0.2) is 9.97 Å². The van der Waals surface area contributed by atoms with Gasteiger partial charge < -0.3 is 0 Å². The normalized spacial score (nSPS) is 9.88. The molecule has 0 aromatic carbocycles. The molecule has 0 fully saturated rings. The first kappa shape index (κ1) is 13.4. The lowest BCUT2D eigenvalue weighted by Crippen LogP contribution is -1.77. The lowest BCUT2D eigenvalue weighted by atomic mass is 10.3. The lowest BCUT2D eigenvalue weighted by Gasteiger charge is -1.92. The van der Waals surface area contributed by atoms with E-state index in [1.807, 2.05) is 18.3 Å². The maximum Gasteiger partial charge on any atom is 0.143 e. The van der Waals surface area contributed by atoms with Gasteiger partial charge in [0, 0.05) is 22.8 Å². The van der Waals surface area contributed by atoms with Crippen LogP contribution in [0.4, 0.5) is 0 Å². The van der Waals surface area contributed by atoms with Crippen LogP contribution in [0.1, 0.15) is 18.2 Å². The van der Waals surface area contributed by atoms with Gasteiger partial charge in [-0.3, -0.25) is 4.98 Å². The summed E-state index contributed by atoms with van der Waals surface area (Å²) >= 11 is 7.71. The van der Waals surface area contributed by atoms with Crippen LogP contribution in [-0.2, 0) is 6.42 Å². The van der Waals surface area contributed by atoms with Gasteiger partial charge in [0.15, 0.2) is 0 Å². The number of aromatic nitrogens is 2. The first-order valence-corrected chi connectivity index (χ1v) is 6.06. The number of aryl methyl sites for hydroxylation is 1. The van der Waals surface area contributed by atoms with Gasteiger partial charge in [-0.05, 0) is 18.6 Å². The fourth-order valence-corrected chi connectivity index (χ4v) is 2.72. The number of pyridine rings is 1. The summed E-state index contributed by atoms with van der Waals surface area (Å²) < 4.78 is 0. The molecule has 0 radical (unpaired) electrons. The maximum absolute atomic E-state index is 6.05. The molecule has 2 rings (SSSR count). The third kappa shape index (κ3) is 2.94. The van der Waals surface area contributed by atoms with Crippen LogP contribution in [0.25, 0.3) is 10.6 Å². The summed E-state index contributed by atoms with van der Waals surface area (Å²) in [5, 5.41) is 1.59.